The van der Waals surface area contributed by atoms with Crippen LogP contribution in [0.1, 0.15) is 24.3 Å². The highest BCUT2D eigenvalue weighted by Crippen LogP contribution is 2.14. The highest BCUT2D eigenvalue weighted by atomic mass is 35.5. The standard InChI is InChI=1S/C19H24ClN3O2/c1-15(18-6-3-11-25-18)21-19(24)14-23-9-7-22(8-10-23)13-16-4-2-5-17(20)12-16/h2-6,11-12,15H,7-10,13-14H2,1H3,(H,21,24)/t15-/m1/s1. The van der Waals surface area contributed by atoms with Gasteiger partial charge in [0.25, 0.3) is 0 Å². The number of hydrogen-bond acceptors (Lipinski definition) is 4. The smallest absolute Gasteiger partial charge is 0.234 e. The molecular formula is C19H24ClN3O2. The van der Waals surface area contributed by atoms with Crippen LogP contribution in [0.15, 0.2) is 47.1 Å². The molecule has 3 rings (SSSR count). The van der Waals surface area contributed by atoms with Gasteiger partial charge < -0.3 is 9.73 Å². The van der Waals surface area contributed by atoms with Crippen LogP contribution in [0.25, 0.3) is 0 Å². The Hall–Kier alpha value is -1.82. The number of carbonyl (C=O) groups excluding carboxylic acids is 1. The highest BCUT2D eigenvalue weighted by molar-refractivity contribution is 6.30. The molecule has 1 N–H and O–H groups in total. The summed E-state index contributed by atoms with van der Waals surface area (Å²) in [5.41, 5.74) is 1.23. The number of hydrogen-bond donors (Lipinski definition) is 1. The summed E-state index contributed by atoms with van der Waals surface area (Å²) in [7, 11) is 0. The molecule has 0 saturated carbocycles. The summed E-state index contributed by atoms with van der Waals surface area (Å²) in [5.74, 6) is 0.812. The van der Waals surface area contributed by atoms with Gasteiger partial charge in [0.05, 0.1) is 18.8 Å². The Morgan fingerprint density at radius 3 is 2.64 bits per heavy atom. The van der Waals surface area contributed by atoms with Gasteiger partial charge in [-0.3, -0.25) is 14.6 Å². The molecule has 1 atom stereocenters. The van der Waals surface area contributed by atoms with Gasteiger partial charge in [-0.05, 0) is 36.8 Å². The third kappa shape index (κ3) is 5.33. The maximum atomic E-state index is 12.2. The summed E-state index contributed by atoms with van der Waals surface area (Å²) >= 11 is 6.04. The van der Waals surface area contributed by atoms with Gasteiger partial charge in [-0.1, -0.05) is 23.7 Å². The molecule has 1 saturated heterocycles. The van der Waals surface area contributed by atoms with Crippen molar-refractivity contribution in [1.82, 2.24) is 15.1 Å². The second-order valence-electron chi connectivity index (χ2n) is 6.49. The number of furan rings is 1. The van der Waals surface area contributed by atoms with E-state index in [0.717, 1.165) is 43.5 Å². The van der Waals surface area contributed by atoms with Gasteiger partial charge in [0, 0.05) is 37.7 Å². The minimum absolute atomic E-state index is 0.0344. The second-order valence-corrected chi connectivity index (χ2v) is 6.92. The molecule has 2 aromatic rings. The lowest BCUT2D eigenvalue weighted by atomic mass is 10.2. The van der Waals surface area contributed by atoms with Crippen molar-refractivity contribution in [3.63, 3.8) is 0 Å². The molecule has 0 bridgehead atoms. The summed E-state index contributed by atoms with van der Waals surface area (Å²) < 4.78 is 5.32. The minimum Gasteiger partial charge on any atom is -0.467 e. The predicted octanol–water partition coefficient (Wildman–Crippen LogP) is 2.93. The number of benzene rings is 1. The van der Waals surface area contributed by atoms with Crippen LogP contribution in [0.2, 0.25) is 5.02 Å². The minimum atomic E-state index is -0.105. The lowest BCUT2D eigenvalue weighted by Gasteiger charge is -2.34. The Labute approximate surface area is 153 Å². The number of halogens is 1. The zero-order valence-corrected chi connectivity index (χ0v) is 15.2. The van der Waals surface area contributed by atoms with Crippen molar-refractivity contribution in [3.8, 4) is 0 Å². The van der Waals surface area contributed by atoms with Crippen LogP contribution in [0.5, 0.6) is 0 Å². The van der Waals surface area contributed by atoms with E-state index in [1.54, 1.807) is 6.26 Å². The van der Waals surface area contributed by atoms with E-state index in [1.807, 2.05) is 37.3 Å². The average Bonchev–Trinajstić information content (AvgIpc) is 3.11. The van der Waals surface area contributed by atoms with E-state index >= 15 is 0 Å². The number of rotatable bonds is 6. The first-order valence-electron chi connectivity index (χ1n) is 8.62. The quantitative estimate of drug-likeness (QED) is 0.859. The van der Waals surface area contributed by atoms with Gasteiger partial charge in [-0.25, -0.2) is 0 Å². The van der Waals surface area contributed by atoms with E-state index in [1.165, 1.54) is 5.56 Å². The van der Waals surface area contributed by atoms with Gasteiger partial charge in [-0.15, -0.1) is 0 Å². The Morgan fingerprint density at radius 2 is 1.96 bits per heavy atom. The Kier molecular flexibility index (Phi) is 6.13. The van der Waals surface area contributed by atoms with Crippen molar-refractivity contribution in [3.05, 3.63) is 59.0 Å². The van der Waals surface area contributed by atoms with Gasteiger partial charge in [0.1, 0.15) is 5.76 Å². The molecule has 1 aliphatic rings. The van der Waals surface area contributed by atoms with Crippen molar-refractivity contribution < 1.29 is 9.21 Å². The van der Waals surface area contributed by atoms with Gasteiger partial charge in [-0.2, -0.15) is 0 Å². The Morgan fingerprint density at radius 1 is 1.20 bits per heavy atom. The summed E-state index contributed by atoms with van der Waals surface area (Å²) in [5, 5.41) is 3.76. The Bertz CT molecular complexity index is 682. The molecule has 5 nitrogen and oxygen atoms in total. The summed E-state index contributed by atoms with van der Waals surface area (Å²) in [6, 6.07) is 11.6. The average molecular weight is 362 g/mol. The third-order valence-electron chi connectivity index (χ3n) is 4.47. The van der Waals surface area contributed by atoms with Crippen molar-refractivity contribution in [2.45, 2.75) is 19.5 Å². The second kappa shape index (κ2) is 8.52. The molecule has 1 aromatic carbocycles. The van der Waals surface area contributed by atoms with Gasteiger partial charge in [0.2, 0.25) is 5.91 Å². The van der Waals surface area contributed by atoms with E-state index in [0.29, 0.717) is 6.54 Å². The van der Waals surface area contributed by atoms with E-state index in [9.17, 15) is 4.79 Å². The molecule has 1 fully saturated rings. The van der Waals surface area contributed by atoms with Crippen LogP contribution in [-0.4, -0.2) is 48.4 Å². The largest absolute Gasteiger partial charge is 0.467 e. The van der Waals surface area contributed by atoms with E-state index < -0.39 is 0 Å². The molecule has 2 heterocycles. The van der Waals surface area contributed by atoms with Crippen molar-refractivity contribution >= 4 is 17.5 Å². The van der Waals surface area contributed by atoms with Crippen molar-refractivity contribution in [1.29, 1.82) is 0 Å². The van der Waals surface area contributed by atoms with Crippen LogP contribution in [0.3, 0.4) is 0 Å². The number of nitrogens with one attached hydrogen (secondary N) is 1. The number of carbonyl (C=O) groups is 1. The molecular weight excluding hydrogens is 338 g/mol. The molecule has 1 aliphatic heterocycles. The van der Waals surface area contributed by atoms with Gasteiger partial charge >= 0.3 is 0 Å². The van der Waals surface area contributed by atoms with E-state index in [4.69, 9.17) is 16.0 Å². The van der Waals surface area contributed by atoms with Crippen LogP contribution in [0, 0.1) is 0 Å². The summed E-state index contributed by atoms with van der Waals surface area (Å²) in [6.45, 7) is 6.94. The SMILES string of the molecule is C[C@@H](NC(=O)CN1CCN(Cc2cccc(Cl)c2)CC1)c1ccco1. The molecule has 1 aromatic heterocycles. The first-order chi connectivity index (χ1) is 12.1. The number of amides is 1. The maximum Gasteiger partial charge on any atom is 0.234 e. The molecule has 0 aliphatic carbocycles. The molecule has 134 valence electrons. The van der Waals surface area contributed by atoms with Crippen LogP contribution in [-0.2, 0) is 11.3 Å². The third-order valence-corrected chi connectivity index (χ3v) is 4.71. The fourth-order valence-electron chi connectivity index (χ4n) is 3.10. The summed E-state index contributed by atoms with van der Waals surface area (Å²) in [4.78, 5) is 16.8. The fourth-order valence-corrected chi connectivity index (χ4v) is 3.31. The molecule has 0 radical (unpaired) electrons. The molecule has 6 heteroatoms. The monoisotopic (exact) mass is 361 g/mol. The number of piperazine rings is 1. The summed E-state index contributed by atoms with van der Waals surface area (Å²) in [6.07, 6.45) is 1.62. The van der Waals surface area contributed by atoms with E-state index in [-0.39, 0.29) is 11.9 Å². The van der Waals surface area contributed by atoms with Crippen LogP contribution in [0.4, 0.5) is 0 Å². The lowest BCUT2D eigenvalue weighted by Crippen LogP contribution is -2.49. The van der Waals surface area contributed by atoms with Crippen LogP contribution >= 0.6 is 11.6 Å². The molecule has 1 amide bonds. The zero-order valence-electron chi connectivity index (χ0n) is 14.5. The van der Waals surface area contributed by atoms with Gasteiger partial charge in [0.15, 0.2) is 0 Å². The zero-order chi connectivity index (χ0) is 17.6. The molecule has 0 unspecified atom stereocenters. The first-order valence-corrected chi connectivity index (χ1v) is 9.00. The van der Waals surface area contributed by atoms with Crippen molar-refractivity contribution in [2.75, 3.05) is 32.7 Å². The lowest BCUT2D eigenvalue weighted by molar-refractivity contribution is -0.123. The fraction of sp³-hybridized carbons (Fsp3) is 0.421. The highest BCUT2D eigenvalue weighted by Gasteiger charge is 2.20. The maximum absolute atomic E-state index is 12.2. The predicted molar refractivity (Wildman–Crippen MR) is 98.4 cm³/mol. The number of nitrogens with zero attached hydrogens (tertiary/aromatic N) is 2. The topological polar surface area (TPSA) is 48.7 Å². The first kappa shape index (κ1) is 18.0. The van der Waals surface area contributed by atoms with Crippen molar-refractivity contribution in [2.24, 2.45) is 0 Å². The molecule has 0 spiro atoms. The molecule has 25 heavy (non-hydrogen) atoms. The van der Waals surface area contributed by atoms with E-state index in [2.05, 4.69) is 21.2 Å². The van der Waals surface area contributed by atoms with Crippen LogP contribution < -0.4 is 5.32 Å². The normalized spacial score (nSPS) is 17.4. The Balaban J connectivity index is 1.41.